The Kier molecular flexibility index (Phi) is 6.22. The molecule has 0 aliphatic carbocycles. The first kappa shape index (κ1) is 19.6. The fraction of sp³-hybridized carbons (Fsp3) is 0.391. The highest BCUT2D eigenvalue weighted by Crippen LogP contribution is 2.21. The van der Waals surface area contributed by atoms with Gasteiger partial charge in [-0.15, -0.1) is 0 Å². The molecule has 0 bridgehead atoms. The summed E-state index contributed by atoms with van der Waals surface area (Å²) >= 11 is 0. The van der Waals surface area contributed by atoms with E-state index in [0.29, 0.717) is 19.4 Å². The maximum Gasteiger partial charge on any atom is 0.220 e. The van der Waals surface area contributed by atoms with Gasteiger partial charge in [0.1, 0.15) is 5.82 Å². The highest BCUT2D eigenvalue weighted by atomic mass is 16.1. The van der Waals surface area contributed by atoms with Crippen molar-refractivity contribution >= 4 is 16.9 Å². The number of aryl methyl sites for hydroxylation is 1. The first-order chi connectivity index (χ1) is 14.2. The third kappa shape index (κ3) is 5.02. The molecule has 1 unspecified atom stereocenters. The van der Waals surface area contributed by atoms with E-state index in [0.717, 1.165) is 43.0 Å². The van der Waals surface area contributed by atoms with E-state index in [4.69, 9.17) is 0 Å². The fourth-order valence-corrected chi connectivity index (χ4v) is 3.92. The van der Waals surface area contributed by atoms with Crippen LogP contribution in [0, 0.1) is 0 Å². The van der Waals surface area contributed by atoms with Gasteiger partial charge in [0.25, 0.3) is 0 Å². The van der Waals surface area contributed by atoms with Crippen molar-refractivity contribution in [2.75, 3.05) is 39.8 Å². The van der Waals surface area contributed by atoms with Crippen LogP contribution in [0.3, 0.4) is 0 Å². The smallest absolute Gasteiger partial charge is 0.220 e. The topological polar surface area (TPSA) is 64.3 Å². The van der Waals surface area contributed by atoms with Gasteiger partial charge in [0.2, 0.25) is 5.91 Å². The molecular formula is C23H29N5O. The van der Waals surface area contributed by atoms with Gasteiger partial charge in [-0.2, -0.15) is 0 Å². The summed E-state index contributed by atoms with van der Waals surface area (Å²) < 4.78 is 0. The van der Waals surface area contributed by atoms with E-state index in [1.807, 2.05) is 30.3 Å². The number of piperazine rings is 1. The van der Waals surface area contributed by atoms with E-state index < -0.39 is 0 Å². The molecule has 2 N–H and O–H groups in total. The molecule has 0 spiro atoms. The zero-order chi connectivity index (χ0) is 20.1. The molecule has 1 fully saturated rings. The lowest BCUT2D eigenvalue weighted by atomic mass is 10.0. The molecule has 2 heterocycles. The zero-order valence-corrected chi connectivity index (χ0v) is 17.0. The second-order valence-electron chi connectivity index (χ2n) is 7.77. The highest BCUT2D eigenvalue weighted by molar-refractivity contribution is 5.77. The van der Waals surface area contributed by atoms with Crippen molar-refractivity contribution in [1.29, 1.82) is 0 Å². The van der Waals surface area contributed by atoms with Gasteiger partial charge in [0, 0.05) is 45.6 Å². The number of nitrogens with zero attached hydrogens (tertiary/aromatic N) is 3. The maximum atomic E-state index is 12.5. The monoisotopic (exact) mass is 391 g/mol. The first-order valence-corrected chi connectivity index (χ1v) is 10.4. The minimum Gasteiger partial charge on any atom is -0.354 e. The van der Waals surface area contributed by atoms with Crippen molar-refractivity contribution in [3.05, 3.63) is 66.0 Å². The van der Waals surface area contributed by atoms with Gasteiger partial charge in [-0.25, -0.2) is 4.98 Å². The maximum absolute atomic E-state index is 12.5. The second-order valence-corrected chi connectivity index (χ2v) is 7.77. The zero-order valence-electron chi connectivity index (χ0n) is 17.0. The molecule has 1 atom stereocenters. The lowest BCUT2D eigenvalue weighted by Crippen LogP contribution is -2.48. The second kappa shape index (κ2) is 9.20. The number of imidazole rings is 1. The summed E-state index contributed by atoms with van der Waals surface area (Å²) in [5.74, 6) is 0.931. The molecule has 1 saturated heterocycles. The summed E-state index contributed by atoms with van der Waals surface area (Å²) in [4.78, 5) is 25.2. The predicted molar refractivity (Wildman–Crippen MR) is 116 cm³/mol. The number of fused-ring (bicyclic) bond motifs is 1. The van der Waals surface area contributed by atoms with E-state index in [1.54, 1.807) is 0 Å². The summed E-state index contributed by atoms with van der Waals surface area (Å²) in [6.45, 7) is 4.79. The Morgan fingerprint density at radius 2 is 1.79 bits per heavy atom. The number of para-hydroxylation sites is 2. The van der Waals surface area contributed by atoms with Gasteiger partial charge >= 0.3 is 0 Å². The molecule has 1 aliphatic rings. The Morgan fingerprint density at radius 1 is 1.07 bits per heavy atom. The molecule has 6 nitrogen and oxygen atoms in total. The number of nitrogens with one attached hydrogen (secondary N) is 2. The normalized spacial score (nSPS) is 16.7. The SMILES string of the molecule is CN1CCN(C(CNC(=O)CCc2nc3ccccc3[nH]2)c2ccccc2)CC1. The number of benzene rings is 2. The van der Waals surface area contributed by atoms with Gasteiger partial charge in [-0.05, 0) is 24.7 Å². The van der Waals surface area contributed by atoms with Crippen LogP contribution in [0.2, 0.25) is 0 Å². The van der Waals surface area contributed by atoms with Crippen molar-refractivity contribution in [2.45, 2.75) is 18.9 Å². The molecule has 0 radical (unpaired) electrons. The summed E-state index contributed by atoms with van der Waals surface area (Å²) in [5, 5.41) is 3.16. The Bertz CT molecular complexity index is 898. The number of hydrogen-bond donors (Lipinski definition) is 2. The molecule has 1 aromatic heterocycles. The number of amides is 1. The lowest BCUT2D eigenvalue weighted by Gasteiger charge is -2.38. The molecule has 0 saturated carbocycles. The molecule has 2 aromatic carbocycles. The van der Waals surface area contributed by atoms with E-state index in [1.165, 1.54) is 5.56 Å². The molecule has 29 heavy (non-hydrogen) atoms. The minimum absolute atomic E-state index is 0.0699. The highest BCUT2D eigenvalue weighted by Gasteiger charge is 2.24. The van der Waals surface area contributed by atoms with Gasteiger partial charge in [-0.3, -0.25) is 9.69 Å². The van der Waals surface area contributed by atoms with Crippen molar-refractivity contribution < 1.29 is 4.79 Å². The molecule has 6 heteroatoms. The summed E-state index contributed by atoms with van der Waals surface area (Å²) in [6.07, 6.45) is 1.05. The first-order valence-electron chi connectivity index (χ1n) is 10.4. The minimum atomic E-state index is 0.0699. The van der Waals surface area contributed by atoms with Crippen molar-refractivity contribution in [3.63, 3.8) is 0 Å². The van der Waals surface area contributed by atoms with E-state index >= 15 is 0 Å². The number of aromatic nitrogens is 2. The molecule has 3 aromatic rings. The van der Waals surface area contributed by atoms with Crippen LogP contribution in [0.4, 0.5) is 0 Å². The van der Waals surface area contributed by atoms with E-state index in [2.05, 4.69) is 56.4 Å². The quantitative estimate of drug-likeness (QED) is 0.650. The van der Waals surface area contributed by atoms with Crippen LogP contribution >= 0.6 is 0 Å². The van der Waals surface area contributed by atoms with Crippen LogP contribution in [-0.4, -0.2) is 65.4 Å². The Balaban J connectivity index is 1.34. The van der Waals surface area contributed by atoms with Crippen LogP contribution in [0.25, 0.3) is 11.0 Å². The van der Waals surface area contributed by atoms with E-state index in [9.17, 15) is 4.79 Å². The van der Waals surface area contributed by atoms with Crippen LogP contribution in [0.1, 0.15) is 23.9 Å². The molecule has 1 amide bonds. The Hall–Kier alpha value is -2.70. The van der Waals surface area contributed by atoms with Gasteiger partial charge in [0.05, 0.1) is 17.1 Å². The third-order valence-electron chi connectivity index (χ3n) is 5.68. The predicted octanol–water partition coefficient (Wildman–Crippen LogP) is 2.60. The van der Waals surface area contributed by atoms with Crippen LogP contribution < -0.4 is 5.32 Å². The fourth-order valence-electron chi connectivity index (χ4n) is 3.92. The third-order valence-corrected chi connectivity index (χ3v) is 5.68. The number of hydrogen-bond acceptors (Lipinski definition) is 4. The standard InChI is InChI=1S/C23H29N5O/c1-27-13-15-28(16-14-27)21(18-7-3-2-4-8-18)17-24-23(29)12-11-22-25-19-9-5-6-10-20(19)26-22/h2-10,21H,11-17H2,1H3,(H,24,29)(H,25,26). The Morgan fingerprint density at radius 3 is 2.55 bits per heavy atom. The number of carbonyl (C=O) groups excluding carboxylic acids is 1. The number of carbonyl (C=O) groups is 1. The number of rotatable bonds is 7. The van der Waals surface area contributed by atoms with Crippen LogP contribution in [0.5, 0.6) is 0 Å². The summed E-state index contributed by atoms with van der Waals surface area (Å²) in [6, 6.07) is 18.6. The molecule has 152 valence electrons. The summed E-state index contributed by atoms with van der Waals surface area (Å²) in [5.41, 5.74) is 3.22. The largest absolute Gasteiger partial charge is 0.354 e. The van der Waals surface area contributed by atoms with Crippen molar-refractivity contribution in [1.82, 2.24) is 25.1 Å². The average Bonchev–Trinajstić information content (AvgIpc) is 3.17. The lowest BCUT2D eigenvalue weighted by molar-refractivity contribution is -0.121. The van der Waals surface area contributed by atoms with Gasteiger partial charge in [-0.1, -0.05) is 42.5 Å². The number of H-pyrrole nitrogens is 1. The average molecular weight is 392 g/mol. The van der Waals surface area contributed by atoms with Crippen molar-refractivity contribution in [2.24, 2.45) is 0 Å². The van der Waals surface area contributed by atoms with E-state index in [-0.39, 0.29) is 11.9 Å². The number of likely N-dealkylation sites (N-methyl/N-ethyl adjacent to an activating group) is 1. The summed E-state index contributed by atoms with van der Waals surface area (Å²) in [7, 11) is 2.16. The molecule has 4 rings (SSSR count). The van der Waals surface area contributed by atoms with Crippen molar-refractivity contribution in [3.8, 4) is 0 Å². The number of aromatic amines is 1. The van der Waals surface area contributed by atoms with Crippen LogP contribution in [0.15, 0.2) is 54.6 Å². The molecular weight excluding hydrogens is 362 g/mol. The van der Waals surface area contributed by atoms with Crippen LogP contribution in [-0.2, 0) is 11.2 Å². The Labute approximate surface area is 171 Å². The van der Waals surface area contributed by atoms with Gasteiger partial charge < -0.3 is 15.2 Å². The van der Waals surface area contributed by atoms with Gasteiger partial charge in [0.15, 0.2) is 0 Å². The molecule has 1 aliphatic heterocycles.